The normalized spacial score (nSPS) is 11.4. The van der Waals surface area contributed by atoms with Crippen LogP contribution in [0, 0.1) is 0 Å². The largest absolute Gasteiger partial charge is 0.253 e. The molecule has 0 aromatic carbocycles. The van der Waals surface area contributed by atoms with Crippen molar-refractivity contribution in [3.8, 4) is 0 Å². The molecule has 0 unspecified atom stereocenters. The van der Waals surface area contributed by atoms with Crippen LogP contribution in [0.1, 0.15) is 104 Å². The first-order valence-electron chi connectivity index (χ1n) is 9.90. The van der Waals surface area contributed by atoms with Crippen LogP contribution in [0.15, 0.2) is 10.2 Å². The van der Waals surface area contributed by atoms with Gasteiger partial charge in [0.2, 0.25) is 5.11 Å². The van der Waals surface area contributed by atoms with Gasteiger partial charge in [-0.25, -0.2) is 0 Å². The van der Waals surface area contributed by atoms with Crippen LogP contribution >= 0.6 is 12.2 Å². The molecule has 0 radical (unpaired) electrons. The summed E-state index contributed by atoms with van der Waals surface area (Å²) in [5.41, 5.74) is 5.59. The Morgan fingerprint density at radius 3 is 1.46 bits per heavy atom. The Hall–Kier alpha value is -0.970. The molecule has 0 saturated heterocycles. The van der Waals surface area contributed by atoms with Gasteiger partial charge in [0.25, 0.3) is 0 Å². The molecular weight excluding hydrogens is 316 g/mol. The molecule has 0 saturated carbocycles. The van der Waals surface area contributed by atoms with Gasteiger partial charge in [0.15, 0.2) is 0 Å². The lowest BCUT2D eigenvalue weighted by Crippen LogP contribution is -2.28. The summed E-state index contributed by atoms with van der Waals surface area (Å²) in [7, 11) is 0. The van der Waals surface area contributed by atoms with Gasteiger partial charge in [-0.1, -0.05) is 78.1 Å². The second kappa shape index (κ2) is 20.1. The van der Waals surface area contributed by atoms with Gasteiger partial charge < -0.3 is 0 Å². The Balaban J connectivity index is 3.36. The zero-order valence-corrected chi connectivity index (χ0v) is 16.7. The number of unbranched alkanes of at least 4 members (excludes halogenated alkanes) is 12. The van der Waals surface area contributed by atoms with Crippen molar-refractivity contribution in [2.45, 2.75) is 104 Å². The zero-order valence-electron chi connectivity index (χ0n) is 15.9. The van der Waals surface area contributed by atoms with Gasteiger partial charge in [0.1, 0.15) is 0 Å². The van der Waals surface area contributed by atoms with E-state index in [0.29, 0.717) is 5.11 Å². The molecule has 0 fully saturated rings. The molecule has 2 N–H and O–H groups in total. The molecule has 5 heteroatoms. The molecule has 4 nitrogen and oxygen atoms in total. The molecule has 0 atom stereocenters. The average molecular weight is 355 g/mol. The molecule has 0 aliphatic heterocycles. The van der Waals surface area contributed by atoms with Crippen molar-refractivity contribution < 1.29 is 0 Å². The Kier molecular flexibility index (Phi) is 19.3. The van der Waals surface area contributed by atoms with E-state index in [1.54, 1.807) is 0 Å². The van der Waals surface area contributed by atoms with E-state index in [4.69, 9.17) is 12.2 Å². The van der Waals surface area contributed by atoms with Gasteiger partial charge in [-0.15, -0.1) is 0 Å². The number of rotatable bonds is 16. The Labute approximate surface area is 154 Å². The van der Waals surface area contributed by atoms with Crippen LogP contribution in [0.2, 0.25) is 0 Å². The van der Waals surface area contributed by atoms with E-state index in [-0.39, 0.29) is 0 Å². The van der Waals surface area contributed by atoms with E-state index >= 15 is 0 Å². The highest BCUT2D eigenvalue weighted by molar-refractivity contribution is 7.80. The quantitative estimate of drug-likeness (QED) is 0.156. The number of thiocarbonyl (C=S) groups is 1. The van der Waals surface area contributed by atoms with Crippen LogP contribution in [-0.2, 0) is 0 Å². The summed E-state index contributed by atoms with van der Waals surface area (Å²) in [5.74, 6) is 0. The highest BCUT2D eigenvalue weighted by atomic mass is 32.1. The second-order valence-corrected chi connectivity index (χ2v) is 6.70. The summed E-state index contributed by atoms with van der Waals surface area (Å²) in [6, 6.07) is 0. The van der Waals surface area contributed by atoms with Crippen LogP contribution in [0.25, 0.3) is 0 Å². The van der Waals surface area contributed by atoms with Gasteiger partial charge >= 0.3 is 0 Å². The molecule has 0 aromatic heterocycles. The maximum Gasteiger partial charge on any atom is 0.207 e. The Morgan fingerprint density at radius 2 is 1.04 bits per heavy atom. The zero-order chi connectivity index (χ0) is 17.7. The van der Waals surface area contributed by atoms with Crippen LogP contribution in [0.4, 0.5) is 0 Å². The molecule has 0 rings (SSSR count). The summed E-state index contributed by atoms with van der Waals surface area (Å²) >= 11 is 5.10. The number of hydrogen-bond acceptors (Lipinski definition) is 3. The van der Waals surface area contributed by atoms with E-state index in [2.05, 4.69) is 34.9 Å². The molecule has 0 heterocycles. The summed E-state index contributed by atoms with van der Waals surface area (Å²) < 4.78 is 0. The molecule has 24 heavy (non-hydrogen) atoms. The lowest BCUT2D eigenvalue weighted by molar-refractivity contribution is 0.616. The lowest BCUT2D eigenvalue weighted by atomic mass is 10.1. The smallest absolute Gasteiger partial charge is 0.207 e. The molecule has 0 aromatic rings. The van der Waals surface area contributed by atoms with Crippen LogP contribution in [-0.4, -0.2) is 17.5 Å². The van der Waals surface area contributed by atoms with Crippen LogP contribution < -0.4 is 10.9 Å². The van der Waals surface area contributed by atoms with E-state index < -0.39 is 0 Å². The van der Waals surface area contributed by atoms with Gasteiger partial charge in [0.05, 0.1) is 0 Å². The minimum Gasteiger partial charge on any atom is -0.253 e. The van der Waals surface area contributed by atoms with Crippen molar-refractivity contribution in [3.63, 3.8) is 0 Å². The summed E-state index contributed by atoms with van der Waals surface area (Å²) in [6.07, 6.45) is 21.5. The van der Waals surface area contributed by atoms with Crippen molar-refractivity contribution in [1.29, 1.82) is 0 Å². The first-order valence-corrected chi connectivity index (χ1v) is 10.3. The number of hydrazone groups is 2. The number of hydrogen-bond donors (Lipinski definition) is 2. The predicted octanol–water partition coefficient (Wildman–Crippen LogP) is 5.92. The summed E-state index contributed by atoms with van der Waals surface area (Å²) in [6.45, 7) is 4.49. The maximum absolute atomic E-state index is 5.10. The monoisotopic (exact) mass is 354 g/mol. The third-order valence-electron chi connectivity index (χ3n) is 3.89. The minimum atomic E-state index is 0.452. The van der Waals surface area contributed by atoms with Crippen molar-refractivity contribution in [3.05, 3.63) is 0 Å². The van der Waals surface area contributed by atoms with E-state index in [1.807, 2.05) is 12.4 Å². The van der Waals surface area contributed by atoms with E-state index in [1.165, 1.54) is 77.0 Å². The molecule has 0 spiro atoms. The lowest BCUT2D eigenvalue weighted by Gasteiger charge is -2.01. The summed E-state index contributed by atoms with van der Waals surface area (Å²) in [4.78, 5) is 0. The standard InChI is InChI=1S/C19H38N4S/c1-3-5-7-9-11-13-15-17-20-22-19(24)23-21-18-16-14-12-10-8-6-4-2/h17-18H,3-16H2,1-2H3,(H2,22,23,24)/b20-17+,21-18+. The van der Waals surface area contributed by atoms with Gasteiger partial charge in [-0.2, -0.15) is 10.2 Å². The Morgan fingerprint density at radius 1 is 0.667 bits per heavy atom. The van der Waals surface area contributed by atoms with Gasteiger partial charge in [0, 0.05) is 12.4 Å². The maximum atomic E-state index is 5.10. The van der Waals surface area contributed by atoms with Crippen LogP contribution in [0.5, 0.6) is 0 Å². The van der Waals surface area contributed by atoms with Crippen LogP contribution in [0.3, 0.4) is 0 Å². The van der Waals surface area contributed by atoms with Crippen molar-refractivity contribution in [1.82, 2.24) is 10.9 Å². The second-order valence-electron chi connectivity index (χ2n) is 6.29. The predicted molar refractivity (Wildman–Crippen MR) is 112 cm³/mol. The molecule has 0 bridgehead atoms. The van der Waals surface area contributed by atoms with Crippen molar-refractivity contribution in [2.24, 2.45) is 10.2 Å². The number of nitrogens with zero attached hydrogens (tertiary/aromatic N) is 2. The average Bonchev–Trinajstić information content (AvgIpc) is 2.59. The minimum absolute atomic E-state index is 0.452. The molecule has 0 amide bonds. The van der Waals surface area contributed by atoms with Crippen molar-refractivity contribution in [2.75, 3.05) is 0 Å². The highest BCUT2D eigenvalue weighted by Crippen LogP contribution is 2.06. The molecule has 0 aliphatic carbocycles. The third kappa shape index (κ3) is 19.1. The van der Waals surface area contributed by atoms with Gasteiger partial charge in [-0.05, 0) is 37.9 Å². The Bertz CT molecular complexity index is 299. The van der Waals surface area contributed by atoms with Gasteiger partial charge in [-0.3, -0.25) is 10.9 Å². The third-order valence-corrected chi connectivity index (χ3v) is 4.07. The SMILES string of the molecule is CCCCCCCC/C=N/NC(=S)N/N=C/CCCCCCCC. The number of nitrogens with one attached hydrogen (secondary N) is 2. The van der Waals surface area contributed by atoms with Crippen molar-refractivity contribution >= 4 is 29.8 Å². The first kappa shape index (κ1) is 23.0. The fourth-order valence-corrected chi connectivity index (χ4v) is 2.50. The summed E-state index contributed by atoms with van der Waals surface area (Å²) in [5, 5.41) is 8.67. The first-order chi connectivity index (χ1) is 11.8. The molecular formula is C19H38N4S. The fraction of sp³-hybridized carbons (Fsp3) is 0.842. The van der Waals surface area contributed by atoms with E-state index in [9.17, 15) is 0 Å². The molecule has 140 valence electrons. The van der Waals surface area contributed by atoms with E-state index in [0.717, 1.165) is 12.8 Å². The fourth-order valence-electron chi connectivity index (χ4n) is 2.39. The topological polar surface area (TPSA) is 48.8 Å². The highest BCUT2D eigenvalue weighted by Gasteiger charge is 1.91. The molecule has 0 aliphatic rings.